The van der Waals surface area contributed by atoms with E-state index in [9.17, 15) is 0 Å². The first-order valence-corrected chi connectivity index (χ1v) is 7.56. The first-order valence-electron chi connectivity index (χ1n) is 7.56. The van der Waals surface area contributed by atoms with E-state index in [2.05, 4.69) is 40.4 Å². The van der Waals surface area contributed by atoms with Gasteiger partial charge in [-0.3, -0.25) is 0 Å². The van der Waals surface area contributed by atoms with Crippen LogP contribution >= 0.6 is 0 Å². The number of nitrogens with one attached hydrogen (secondary N) is 2. The van der Waals surface area contributed by atoms with Crippen LogP contribution in [-0.4, -0.2) is 22.6 Å². The van der Waals surface area contributed by atoms with E-state index in [4.69, 9.17) is 0 Å². The predicted octanol–water partition coefficient (Wildman–Crippen LogP) is 3.20. The number of imidazole rings is 1. The Morgan fingerprint density at radius 3 is 2.95 bits per heavy atom. The van der Waals surface area contributed by atoms with Crippen LogP contribution in [0.2, 0.25) is 0 Å². The summed E-state index contributed by atoms with van der Waals surface area (Å²) < 4.78 is 0. The summed E-state index contributed by atoms with van der Waals surface area (Å²) in [5.74, 6) is 1.08. The monoisotopic (exact) mass is 257 g/mol. The van der Waals surface area contributed by atoms with Crippen molar-refractivity contribution in [2.75, 3.05) is 6.54 Å². The van der Waals surface area contributed by atoms with Crippen LogP contribution in [0.15, 0.2) is 18.2 Å². The van der Waals surface area contributed by atoms with Gasteiger partial charge in [0.15, 0.2) is 0 Å². The fourth-order valence-corrected chi connectivity index (χ4v) is 2.98. The van der Waals surface area contributed by atoms with Crippen LogP contribution in [0.25, 0.3) is 11.0 Å². The summed E-state index contributed by atoms with van der Waals surface area (Å²) in [5.41, 5.74) is 3.66. The van der Waals surface area contributed by atoms with Crippen molar-refractivity contribution in [3.05, 3.63) is 29.6 Å². The highest BCUT2D eigenvalue weighted by Gasteiger charge is 2.13. The molecule has 0 unspecified atom stereocenters. The Kier molecular flexibility index (Phi) is 3.83. The molecule has 102 valence electrons. The summed E-state index contributed by atoms with van der Waals surface area (Å²) in [4.78, 5) is 7.93. The van der Waals surface area contributed by atoms with Gasteiger partial charge in [-0.2, -0.15) is 0 Å². The number of nitrogens with zero attached hydrogens (tertiary/aromatic N) is 1. The molecule has 19 heavy (non-hydrogen) atoms. The van der Waals surface area contributed by atoms with Crippen molar-refractivity contribution in [3.63, 3.8) is 0 Å². The van der Waals surface area contributed by atoms with Gasteiger partial charge in [0.25, 0.3) is 0 Å². The van der Waals surface area contributed by atoms with Crippen LogP contribution in [0.1, 0.15) is 44.0 Å². The maximum absolute atomic E-state index is 4.54. The molecule has 2 aromatic rings. The Bertz CT molecular complexity index is 538. The Hall–Kier alpha value is -1.35. The maximum Gasteiger partial charge on any atom is 0.106 e. The molecule has 0 bridgehead atoms. The lowest BCUT2D eigenvalue weighted by Gasteiger charge is -2.11. The molecule has 1 aromatic carbocycles. The summed E-state index contributed by atoms with van der Waals surface area (Å²) in [6, 6.07) is 7.36. The van der Waals surface area contributed by atoms with Crippen LogP contribution in [0.5, 0.6) is 0 Å². The number of benzene rings is 1. The van der Waals surface area contributed by atoms with Crippen molar-refractivity contribution in [3.8, 4) is 0 Å². The average molecular weight is 257 g/mol. The Morgan fingerprint density at radius 1 is 1.32 bits per heavy atom. The fraction of sp³-hybridized carbons (Fsp3) is 0.562. The van der Waals surface area contributed by atoms with Crippen LogP contribution in [0, 0.1) is 0 Å². The fourth-order valence-electron chi connectivity index (χ4n) is 2.98. The first-order chi connectivity index (χ1) is 9.35. The summed E-state index contributed by atoms with van der Waals surface area (Å²) >= 11 is 0. The van der Waals surface area contributed by atoms with E-state index in [1.54, 1.807) is 0 Å². The number of fused-ring (bicyclic) bond motifs is 1. The Morgan fingerprint density at radius 2 is 2.16 bits per heavy atom. The minimum atomic E-state index is 0.766. The lowest BCUT2D eigenvalue weighted by Crippen LogP contribution is -2.27. The third-order valence-electron chi connectivity index (χ3n) is 4.13. The molecule has 1 fully saturated rings. The minimum Gasteiger partial charge on any atom is -0.342 e. The van der Waals surface area contributed by atoms with Gasteiger partial charge < -0.3 is 10.3 Å². The maximum atomic E-state index is 4.54. The van der Waals surface area contributed by atoms with E-state index in [1.807, 2.05) is 0 Å². The lowest BCUT2D eigenvalue weighted by atomic mass is 10.1. The third kappa shape index (κ3) is 2.98. The van der Waals surface area contributed by atoms with Crippen LogP contribution < -0.4 is 5.32 Å². The van der Waals surface area contributed by atoms with E-state index in [-0.39, 0.29) is 0 Å². The first kappa shape index (κ1) is 12.7. The van der Waals surface area contributed by atoms with Crippen LogP contribution in [0.3, 0.4) is 0 Å². The highest BCUT2D eigenvalue weighted by Crippen LogP contribution is 2.18. The van der Waals surface area contributed by atoms with Gasteiger partial charge in [0.05, 0.1) is 11.0 Å². The SMILES string of the molecule is CCc1nc2ccc(CCNC3CCCC3)cc2[nH]1. The van der Waals surface area contributed by atoms with E-state index in [1.165, 1.54) is 36.8 Å². The molecule has 3 heteroatoms. The van der Waals surface area contributed by atoms with Gasteiger partial charge in [0, 0.05) is 12.5 Å². The van der Waals surface area contributed by atoms with Crippen molar-refractivity contribution >= 4 is 11.0 Å². The zero-order valence-corrected chi connectivity index (χ0v) is 11.7. The number of rotatable bonds is 5. The molecule has 1 saturated carbocycles. The van der Waals surface area contributed by atoms with Gasteiger partial charge in [-0.25, -0.2) is 4.98 Å². The van der Waals surface area contributed by atoms with Gasteiger partial charge in [-0.05, 0) is 43.5 Å². The van der Waals surface area contributed by atoms with Gasteiger partial charge in [-0.15, -0.1) is 0 Å². The normalized spacial score (nSPS) is 16.5. The molecule has 0 atom stereocenters. The van der Waals surface area contributed by atoms with Crippen molar-refractivity contribution in [1.82, 2.24) is 15.3 Å². The molecule has 1 heterocycles. The van der Waals surface area contributed by atoms with E-state index in [0.29, 0.717) is 0 Å². The number of aromatic nitrogens is 2. The highest BCUT2D eigenvalue weighted by atomic mass is 14.9. The number of hydrogen-bond acceptors (Lipinski definition) is 2. The largest absolute Gasteiger partial charge is 0.342 e. The second-order valence-corrected chi connectivity index (χ2v) is 5.57. The van der Waals surface area contributed by atoms with Crippen molar-refractivity contribution in [2.24, 2.45) is 0 Å². The van der Waals surface area contributed by atoms with Crippen LogP contribution in [-0.2, 0) is 12.8 Å². The van der Waals surface area contributed by atoms with Crippen molar-refractivity contribution in [1.29, 1.82) is 0 Å². The molecule has 3 nitrogen and oxygen atoms in total. The van der Waals surface area contributed by atoms with Gasteiger partial charge in [-0.1, -0.05) is 25.8 Å². The molecule has 1 aliphatic carbocycles. The van der Waals surface area contributed by atoms with Gasteiger partial charge in [0.2, 0.25) is 0 Å². The van der Waals surface area contributed by atoms with E-state index < -0.39 is 0 Å². The molecule has 0 amide bonds. The summed E-state index contributed by atoms with van der Waals surface area (Å²) in [6.45, 7) is 3.22. The molecule has 2 N–H and O–H groups in total. The minimum absolute atomic E-state index is 0.766. The Labute approximate surface area is 114 Å². The molecule has 0 aliphatic heterocycles. The number of aryl methyl sites for hydroxylation is 1. The standard InChI is InChI=1S/C16H23N3/c1-2-16-18-14-8-7-12(11-15(14)19-16)9-10-17-13-5-3-4-6-13/h7-8,11,13,17H,2-6,9-10H2,1H3,(H,18,19). The predicted molar refractivity (Wildman–Crippen MR) is 79.4 cm³/mol. The third-order valence-corrected chi connectivity index (χ3v) is 4.13. The lowest BCUT2D eigenvalue weighted by molar-refractivity contribution is 0.528. The molecular weight excluding hydrogens is 234 g/mol. The number of hydrogen-bond donors (Lipinski definition) is 2. The van der Waals surface area contributed by atoms with Crippen LogP contribution in [0.4, 0.5) is 0 Å². The smallest absolute Gasteiger partial charge is 0.106 e. The zero-order chi connectivity index (χ0) is 13.1. The van der Waals surface area contributed by atoms with Crippen molar-refractivity contribution in [2.45, 2.75) is 51.5 Å². The second-order valence-electron chi connectivity index (χ2n) is 5.57. The number of H-pyrrole nitrogens is 1. The Balaban J connectivity index is 1.60. The second kappa shape index (κ2) is 5.74. The van der Waals surface area contributed by atoms with E-state index >= 15 is 0 Å². The summed E-state index contributed by atoms with van der Waals surface area (Å²) in [6.07, 6.45) is 7.59. The van der Waals surface area contributed by atoms with Crippen molar-refractivity contribution < 1.29 is 0 Å². The number of aromatic amines is 1. The molecule has 1 aromatic heterocycles. The molecular formula is C16H23N3. The molecule has 0 saturated heterocycles. The highest BCUT2D eigenvalue weighted by molar-refractivity contribution is 5.75. The summed E-state index contributed by atoms with van der Waals surface area (Å²) in [5, 5.41) is 3.67. The topological polar surface area (TPSA) is 40.7 Å². The quantitative estimate of drug-likeness (QED) is 0.863. The van der Waals surface area contributed by atoms with Gasteiger partial charge in [0.1, 0.15) is 5.82 Å². The molecule has 0 spiro atoms. The average Bonchev–Trinajstić information content (AvgIpc) is 3.06. The van der Waals surface area contributed by atoms with E-state index in [0.717, 1.165) is 36.8 Å². The van der Waals surface area contributed by atoms with Gasteiger partial charge >= 0.3 is 0 Å². The zero-order valence-electron chi connectivity index (χ0n) is 11.7. The summed E-state index contributed by atoms with van der Waals surface area (Å²) in [7, 11) is 0. The molecule has 0 radical (unpaired) electrons. The molecule has 1 aliphatic rings. The molecule has 3 rings (SSSR count).